The summed E-state index contributed by atoms with van der Waals surface area (Å²) in [4.78, 5) is 12.0. The highest BCUT2D eigenvalue weighted by Crippen LogP contribution is 2.37. The molecule has 21 heavy (non-hydrogen) atoms. The summed E-state index contributed by atoms with van der Waals surface area (Å²) in [5.74, 6) is -0.801. The smallest absolute Gasteiger partial charge is 0.387 e. The van der Waals surface area contributed by atoms with Crippen molar-refractivity contribution in [2.45, 2.75) is 20.5 Å². The lowest BCUT2D eigenvalue weighted by atomic mass is 10.1. The standard InChI is InChI=1S/C13H16BrClF2N2O2/c1-3-18-6-7(2)12(20)19-10-5-8(15)4-9(14)11(10)21-13(16)17/h4-5,7,13,18H,3,6H2,1-2H3,(H,19,20). The van der Waals surface area contributed by atoms with E-state index in [1.54, 1.807) is 6.92 Å². The van der Waals surface area contributed by atoms with Gasteiger partial charge in [-0.05, 0) is 34.6 Å². The number of halogens is 4. The zero-order valence-electron chi connectivity index (χ0n) is 11.6. The molecular weight excluding hydrogens is 370 g/mol. The molecule has 0 spiro atoms. The van der Waals surface area contributed by atoms with Gasteiger partial charge in [0.2, 0.25) is 5.91 Å². The molecule has 0 fully saturated rings. The van der Waals surface area contributed by atoms with Gasteiger partial charge in [-0.15, -0.1) is 0 Å². The van der Waals surface area contributed by atoms with Gasteiger partial charge in [0.1, 0.15) is 0 Å². The van der Waals surface area contributed by atoms with E-state index in [2.05, 4.69) is 31.3 Å². The molecule has 1 aromatic carbocycles. The van der Waals surface area contributed by atoms with Crippen LogP contribution < -0.4 is 15.4 Å². The third-order valence-electron chi connectivity index (χ3n) is 2.62. The first-order chi connectivity index (χ1) is 9.85. The fraction of sp³-hybridized carbons (Fsp3) is 0.462. The molecule has 0 bridgehead atoms. The number of ether oxygens (including phenoxy) is 1. The third-order valence-corrected chi connectivity index (χ3v) is 3.43. The number of hydrogen-bond acceptors (Lipinski definition) is 3. The first kappa shape index (κ1) is 18.1. The van der Waals surface area contributed by atoms with E-state index in [0.29, 0.717) is 6.54 Å². The van der Waals surface area contributed by atoms with Crippen LogP contribution in [0.4, 0.5) is 14.5 Å². The maximum absolute atomic E-state index is 12.4. The summed E-state index contributed by atoms with van der Waals surface area (Å²) in [5.41, 5.74) is 0.100. The van der Waals surface area contributed by atoms with Crippen LogP contribution in [-0.2, 0) is 4.79 Å². The van der Waals surface area contributed by atoms with E-state index in [1.807, 2.05) is 6.92 Å². The van der Waals surface area contributed by atoms with E-state index in [1.165, 1.54) is 12.1 Å². The van der Waals surface area contributed by atoms with Gasteiger partial charge in [-0.2, -0.15) is 8.78 Å². The Hall–Kier alpha value is -0.920. The number of carbonyl (C=O) groups is 1. The fourth-order valence-corrected chi connectivity index (χ4v) is 2.48. The molecule has 1 amide bonds. The number of alkyl halides is 2. The molecule has 1 atom stereocenters. The average molecular weight is 386 g/mol. The normalized spacial score (nSPS) is 12.3. The van der Waals surface area contributed by atoms with Crippen molar-refractivity contribution in [1.82, 2.24) is 5.32 Å². The minimum absolute atomic E-state index is 0.100. The second-order valence-electron chi connectivity index (χ2n) is 4.34. The van der Waals surface area contributed by atoms with Gasteiger partial charge in [0, 0.05) is 17.5 Å². The minimum atomic E-state index is -3.00. The van der Waals surface area contributed by atoms with Gasteiger partial charge in [-0.25, -0.2) is 0 Å². The SMILES string of the molecule is CCNCC(C)C(=O)Nc1cc(Cl)cc(Br)c1OC(F)F. The lowest BCUT2D eigenvalue weighted by Gasteiger charge is -2.16. The molecule has 8 heteroatoms. The van der Waals surface area contributed by atoms with Gasteiger partial charge in [0.05, 0.1) is 10.2 Å². The number of hydrogen-bond donors (Lipinski definition) is 2. The molecule has 2 N–H and O–H groups in total. The van der Waals surface area contributed by atoms with Crippen LogP contribution in [0.5, 0.6) is 5.75 Å². The molecule has 0 aliphatic heterocycles. The zero-order valence-corrected chi connectivity index (χ0v) is 13.9. The monoisotopic (exact) mass is 384 g/mol. The Morgan fingerprint density at radius 1 is 1.48 bits per heavy atom. The Balaban J connectivity index is 2.93. The van der Waals surface area contributed by atoms with Crippen LogP contribution in [0, 0.1) is 5.92 Å². The van der Waals surface area contributed by atoms with Crippen molar-refractivity contribution in [3.8, 4) is 5.75 Å². The Bertz CT molecular complexity index is 503. The topological polar surface area (TPSA) is 50.4 Å². The summed E-state index contributed by atoms with van der Waals surface area (Å²) in [6, 6.07) is 2.78. The van der Waals surface area contributed by atoms with Crippen LogP contribution in [0.15, 0.2) is 16.6 Å². The van der Waals surface area contributed by atoms with Gasteiger partial charge >= 0.3 is 6.61 Å². The van der Waals surface area contributed by atoms with Crippen LogP contribution in [-0.4, -0.2) is 25.6 Å². The van der Waals surface area contributed by atoms with Crippen molar-refractivity contribution in [2.75, 3.05) is 18.4 Å². The number of carbonyl (C=O) groups excluding carboxylic acids is 1. The van der Waals surface area contributed by atoms with Gasteiger partial charge in [0.25, 0.3) is 0 Å². The van der Waals surface area contributed by atoms with Crippen molar-refractivity contribution in [3.05, 3.63) is 21.6 Å². The lowest BCUT2D eigenvalue weighted by molar-refractivity contribution is -0.119. The number of rotatable bonds is 7. The molecule has 1 aromatic rings. The summed E-state index contributed by atoms with van der Waals surface area (Å²) < 4.78 is 29.6. The van der Waals surface area contributed by atoms with Gasteiger partial charge in [0.15, 0.2) is 5.75 Å². The van der Waals surface area contributed by atoms with E-state index >= 15 is 0 Å². The molecular formula is C13H16BrClF2N2O2. The summed E-state index contributed by atoms with van der Waals surface area (Å²) >= 11 is 8.96. The van der Waals surface area contributed by atoms with Crippen LogP contribution in [0.3, 0.4) is 0 Å². The lowest BCUT2D eigenvalue weighted by Crippen LogP contribution is -2.30. The molecule has 0 aromatic heterocycles. The predicted molar refractivity (Wildman–Crippen MR) is 82.1 cm³/mol. The number of nitrogens with one attached hydrogen (secondary N) is 2. The average Bonchev–Trinajstić information content (AvgIpc) is 2.39. The first-order valence-corrected chi connectivity index (χ1v) is 7.47. The third kappa shape index (κ3) is 5.76. The van der Waals surface area contributed by atoms with E-state index in [-0.39, 0.29) is 32.8 Å². The molecule has 118 valence electrons. The van der Waals surface area contributed by atoms with Gasteiger partial charge < -0.3 is 15.4 Å². The Kier molecular flexibility index (Phi) is 7.34. The van der Waals surface area contributed by atoms with Crippen LogP contribution in [0.1, 0.15) is 13.8 Å². The summed E-state index contributed by atoms with van der Waals surface area (Å²) in [6.07, 6.45) is 0. The number of benzene rings is 1. The summed E-state index contributed by atoms with van der Waals surface area (Å²) in [7, 11) is 0. The highest BCUT2D eigenvalue weighted by molar-refractivity contribution is 9.10. The molecule has 1 rings (SSSR count). The number of anilines is 1. The van der Waals surface area contributed by atoms with Crippen LogP contribution >= 0.6 is 27.5 Å². The molecule has 0 heterocycles. The zero-order chi connectivity index (χ0) is 16.0. The van der Waals surface area contributed by atoms with Crippen molar-refractivity contribution in [3.63, 3.8) is 0 Å². The predicted octanol–water partition coefficient (Wildman–Crippen LogP) is 3.89. The maximum atomic E-state index is 12.4. The highest BCUT2D eigenvalue weighted by atomic mass is 79.9. The molecule has 0 saturated carbocycles. The Labute approximate surface area is 135 Å². The van der Waals surface area contributed by atoms with E-state index in [4.69, 9.17) is 11.6 Å². The van der Waals surface area contributed by atoms with Crippen molar-refractivity contribution in [1.29, 1.82) is 0 Å². The summed E-state index contributed by atoms with van der Waals surface area (Å²) in [5, 5.41) is 5.88. The van der Waals surface area contributed by atoms with E-state index in [0.717, 1.165) is 6.54 Å². The van der Waals surface area contributed by atoms with Crippen LogP contribution in [0.25, 0.3) is 0 Å². The minimum Gasteiger partial charge on any atom is -0.431 e. The molecule has 0 radical (unpaired) electrons. The quantitative estimate of drug-likeness (QED) is 0.749. The van der Waals surface area contributed by atoms with Crippen molar-refractivity contribution < 1.29 is 18.3 Å². The maximum Gasteiger partial charge on any atom is 0.387 e. The Morgan fingerprint density at radius 3 is 2.71 bits per heavy atom. The summed E-state index contributed by atoms with van der Waals surface area (Å²) in [6.45, 7) is 1.87. The fourth-order valence-electron chi connectivity index (χ4n) is 1.57. The van der Waals surface area contributed by atoms with Gasteiger partial charge in [-0.3, -0.25) is 4.79 Å². The number of amides is 1. The van der Waals surface area contributed by atoms with Gasteiger partial charge in [-0.1, -0.05) is 25.4 Å². The largest absolute Gasteiger partial charge is 0.431 e. The molecule has 4 nitrogen and oxygen atoms in total. The molecule has 0 aliphatic rings. The van der Waals surface area contributed by atoms with Crippen molar-refractivity contribution in [2.24, 2.45) is 5.92 Å². The van der Waals surface area contributed by atoms with Crippen molar-refractivity contribution >= 4 is 39.1 Å². The molecule has 0 aliphatic carbocycles. The molecule has 1 unspecified atom stereocenters. The second-order valence-corrected chi connectivity index (χ2v) is 5.63. The van der Waals surface area contributed by atoms with E-state index < -0.39 is 6.61 Å². The molecule has 0 saturated heterocycles. The first-order valence-electron chi connectivity index (χ1n) is 6.30. The second kappa shape index (κ2) is 8.51. The van der Waals surface area contributed by atoms with Crippen LogP contribution in [0.2, 0.25) is 5.02 Å². The van der Waals surface area contributed by atoms with E-state index in [9.17, 15) is 13.6 Å². The Morgan fingerprint density at radius 2 is 2.14 bits per heavy atom. The highest BCUT2D eigenvalue weighted by Gasteiger charge is 2.19.